The van der Waals surface area contributed by atoms with E-state index in [2.05, 4.69) is 15.9 Å². The lowest BCUT2D eigenvalue weighted by Gasteiger charge is -2.32. The average Bonchev–Trinajstić information content (AvgIpc) is 2.45. The average molecular weight is 326 g/mol. The smallest absolute Gasteiger partial charge is 0.253 e. The van der Waals surface area contributed by atoms with Crippen molar-refractivity contribution in [1.82, 2.24) is 4.90 Å². The van der Waals surface area contributed by atoms with Gasteiger partial charge in [-0.1, -0.05) is 15.9 Å². The van der Waals surface area contributed by atoms with Gasteiger partial charge in [0, 0.05) is 29.7 Å². The van der Waals surface area contributed by atoms with Gasteiger partial charge < -0.3 is 9.64 Å². The van der Waals surface area contributed by atoms with E-state index >= 15 is 0 Å². The molecule has 0 aliphatic carbocycles. The molecule has 1 aromatic rings. The normalized spacial score (nSPS) is 19.5. The zero-order chi connectivity index (χ0) is 13.7. The molecule has 0 N–H and O–H groups in total. The van der Waals surface area contributed by atoms with Gasteiger partial charge in [0.1, 0.15) is 0 Å². The van der Waals surface area contributed by atoms with Gasteiger partial charge in [-0.25, -0.2) is 0 Å². The van der Waals surface area contributed by atoms with Crippen molar-refractivity contribution in [2.75, 3.05) is 26.3 Å². The second-order valence-corrected chi connectivity index (χ2v) is 5.84. The quantitative estimate of drug-likeness (QED) is 0.849. The van der Waals surface area contributed by atoms with Gasteiger partial charge in [-0.15, -0.1) is 0 Å². The number of amides is 1. The number of nitrogens with zero attached hydrogens (tertiary/aromatic N) is 1. The van der Waals surface area contributed by atoms with E-state index in [1.807, 2.05) is 36.1 Å². The summed E-state index contributed by atoms with van der Waals surface area (Å²) >= 11 is 3.39. The number of ether oxygens (including phenoxy) is 1. The molecule has 1 saturated heterocycles. The molecule has 1 heterocycles. The molecular formula is C15H20BrNO2. The Morgan fingerprint density at radius 1 is 1.42 bits per heavy atom. The molecule has 0 aromatic heterocycles. The molecule has 104 valence electrons. The van der Waals surface area contributed by atoms with Crippen molar-refractivity contribution in [3.8, 4) is 0 Å². The van der Waals surface area contributed by atoms with Crippen LogP contribution in [-0.4, -0.2) is 37.1 Å². The molecule has 1 aliphatic rings. The van der Waals surface area contributed by atoms with Crippen LogP contribution in [0.3, 0.4) is 0 Å². The highest BCUT2D eigenvalue weighted by molar-refractivity contribution is 9.10. The molecule has 1 amide bonds. The Bertz CT molecular complexity index is 419. The van der Waals surface area contributed by atoms with Crippen molar-refractivity contribution in [3.05, 3.63) is 34.3 Å². The lowest BCUT2D eigenvalue weighted by Crippen LogP contribution is -2.41. The van der Waals surface area contributed by atoms with Crippen LogP contribution in [-0.2, 0) is 4.74 Å². The summed E-state index contributed by atoms with van der Waals surface area (Å²) in [5, 5.41) is 0. The monoisotopic (exact) mass is 325 g/mol. The predicted octanol–water partition coefficient (Wildman–Crippen LogP) is 3.34. The van der Waals surface area contributed by atoms with E-state index in [-0.39, 0.29) is 5.91 Å². The topological polar surface area (TPSA) is 29.5 Å². The van der Waals surface area contributed by atoms with Crippen LogP contribution in [0.25, 0.3) is 0 Å². The van der Waals surface area contributed by atoms with Gasteiger partial charge in [0.15, 0.2) is 0 Å². The molecular weight excluding hydrogens is 306 g/mol. The summed E-state index contributed by atoms with van der Waals surface area (Å²) in [6.45, 7) is 5.19. The van der Waals surface area contributed by atoms with Crippen LogP contribution in [0.4, 0.5) is 0 Å². The summed E-state index contributed by atoms with van der Waals surface area (Å²) < 4.78 is 6.48. The van der Waals surface area contributed by atoms with E-state index in [1.54, 1.807) is 0 Å². The van der Waals surface area contributed by atoms with Crippen molar-refractivity contribution in [2.24, 2.45) is 5.92 Å². The van der Waals surface area contributed by atoms with Crippen LogP contribution in [0.1, 0.15) is 30.1 Å². The SMILES string of the molecule is CCOCC1CCCN(C(=O)c2ccc(Br)cc2)C1. The highest BCUT2D eigenvalue weighted by Crippen LogP contribution is 2.20. The number of carbonyl (C=O) groups is 1. The molecule has 2 rings (SSSR count). The van der Waals surface area contributed by atoms with E-state index in [0.717, 1.165) is 49.2 Å². The molecule has 0 bridgehead atoms. The number of carbonyl (C=O) groups excluding carboxylic acids is 1. The van der Waals surface area contributed by atoms with Gasteiger partial charge in [0.2, 0.25) is 0 Å². The molecule has 4 heteroatoms. The van der Waals surface area contributed by atoms with E-state index in [1.165, 1.54) is 0 Å². The van der Waals surface area contributed by atoms with E-state index in [0.29, 0.717) is 5.92 Å². The van der Waals surface area contributed by atoms with Crippen molar-refractivity contribution in [2.45, 2.75) is 19.8 Å². The molecule has 1 unspecified atom stereocenters. The number of likely N-dealkylation sites (tertiary alicyclic amines) is 1. The molecule has 1 fully saturated rings. The van der Waals surface area contributed by atoms with Crippen LogP contribution in [0.2, 0.25) is 0 Å². The summed E-state index contributed by atoms with van der Waals surface area (Å²) in [6, 6.07) is 7.57. The third-order valence-electron chi connectivity index (χ3n) is 3.46. The number of hydrogen-bond donors (Lipinski definition) is 0. The van der Waals surface area contributed by atoms with Gasteiger partial charge in [0.05, 0.1) is 6.61 Å². The van der Waals surface area contributed by atoms with Gasteiger partial charge in [0.25, 0.3) is 5.91 Å². The fourth-order valence-electron chi connectivity index (χ4n) is 2.45. The van der Waals surface area contributed by atoms with Gasteiger partial charge in [-0.2, -0.15) is 0 Å². The Balaban J connectivity index is 1.96. The number of rotatable bonds is 4. The van der Waals surface area contributed by atoms with E-state index in [4.69, 9.17) is 4.74 Å². The van der Waals surface area contributed by atoms with Gasteiger partial charge in [-0.05, 0) is 49.9 Å². The van der Waals surface area contributed by atoms with E-state index in [9.17, 15) is 4.79 Å². The Labute approximate surface area is 123 Å². The van der Waals surface area contributed by atoms with Crippen molar-refractivity contribution >= 4 is 21.8 Å². The summed E-state index contributed by atoms with van der Waals surface area (Å²) in [6.07, 6.45) is 2.23. The number of hydrogen-bond acceptors (Lipinski definition) is 2. The molecule has 0 saturated carbocycles. The van der Waals surface area contributed by atoms with Crippen molar-refractivity contribution < 1.29 is 9.53 Å². The number of piperidine rings is 1. The molecule has 1 aromatic carbocycles. The van der Waals surface area contributed by atoms with Crippen LogP contribution in [0.5, 0.6) is 0 Å². The minimum Gasteiger partial charge on any atom is -0.381 e. The largest absolute Gasteiger partial charge is 0.381 e. The summed E-state index contributed by atoms with van der Waals surface area (Å²) in [5.41, 5.74) is 0.764. The zero-order valence-electron chi connectivity index (χ0n) is 11.3. The highest BCUT2D eigenvalue weighted by Gasteiger charge is 2.24. The first kappa shape index (κ1) is 14.5. The Hall–Kier alpha value is -0.870. The highest BCUT2D eigenvalue weighted by atomic mass is 79.9. The molecule has 0 radical (unpaired) electrons. The van der Waals surface area contributed by atoms with Gasteiger partial charge in [-0.3, -0.25) is 4.79 Å². The predicted molar refractivity (Wildman–Crippen MR) is 79.3 cm³/mol. The van der Waals surface area contributed by atoms with Crippen LogP contribution in [0.15, 0.2) is 28.7 Å². The van der Waals surface area contributed by atoms with Crippen molar-refractivity contribution in [1.29, 1.82) is 0 Å². The van der Waals surface area contributed by atoms with Crippen LogP contribution < -0.4 is 0 Å². The minimum absolute atomic E-state index is 0.133. The number of halogens is 1. The van der Waals surface area contributed by atoms with Gasteiger partial charge >= 0.3 is 0 Å². The first-order valence-electron chi connectivity index (χ1n) is 6.83. The standard InChI is InChI=1S/C15H20BrNO2/c1-2-19-11-12-4-3-9-17(10-12)15(18)13-5-7-14(16)8-6-13/h5-8,12H,2-4,9-11H2,1H3. The molecule has 0 spiro atoms. The van der Waals surface area contributed by atoms with Crippen LogP contribution >= 0.6 is 15.9 Å². The first-order valence-corrected chi connectivity index (χ1v) is 7.62. The second kappa shape index (κ2) is 7.06. The minimum atomic E-state index is 0.133. The first-order chi connectivity index (χ1) is 9.20. The summed E-state index contributed by atoms with van der Waals surface area (Å²) in [4.78, 5) is 14.4. The zero-order valence-corrected chi connectivity index (χ0v) is 12.9. The molecule has 3 nitrogen and oxygen atoms in total. The number of benzene rings is 1. The fourth-order valence-corrected chi connectivity index (χ4v) is 2.71. The Morgan fingerprint density at radius 3 is 2.84 bits per heavy atom. The molecule has 1 atom stereocenters. The second-order valence-electron chi connectivity index (χ2n) is 4.93. The lowest BCUT2D eigenvalue weighted by molar-refractivity contribution is 0.0501. The maximum absolute atomic E-state index is 12.4. The maximum Gasteiger partial charge on any atom is 0.253 e. The van der Waals surface area contributed by atoms with Crippen LogP contribution in [0, 0.1) is 5.92 Å². The summed E-state index contributed by atoms with van der Waals surface area (Å²) in [5.74, 6) is 0.613. The third-order valence-corrected chi connectivity index (χ3v) is 3.98. The third kappa shape index (κ3) is 4.05. The van der Waals surface area contributed by atoms with E-state index < -0.39 is 0 Å². The Morgan fingerprint density at radius 2 is 2.16 bits per heavy atom. The fraction of sp³-hybridized carbons (Fsp3) is 0.533. The molecule has 19 heavy (non-hydrogen) atoms. The van der Waals surface area contributed by atoms with Crippen molar-refractivity contribution in [3.63, 3.8) is 0 Å². The molecule has 1 aliphatic heterocycles. The summed E-state index contributed by atoms with van der Waals surface area (Å²) in [7, 11) is 0. The lowest BCUT2D eigenvalue weighted by atomic mass is 9.98. The Kier molecular flexibility index (Phi) is 5.40. The maximum atomic E-state index is 12.4.